The van der Waals surface area contributed by atoms with Crippen molar-refractivity contribution in [2.24, 2.45) is 5.14 Å². The van der Waals surface area contributed by atoms with E-state index in [9.17, 15) is 23.1 Å². The first-order valence-electron chi connectivity index (χ1n) is 11.1. The molecule has 1 aliphatic heterocycles. The number of aliphatic hydroxyl groups excluding tert-OH is 1. The summed E-state index contributed by atoms with van der Waals surface area (Å²) in [7, 11) is -3.93. The highest BCUT2D eigenvalue weighted by molar-refractivity contribution is 7.89. The van der Waals surface area contributed by atoms with Crippen molar-refractivity contribution >= 4 is 33.2 Å². The number of rotatable bonds is 5. The third-order valence-corrected chi connectivity index (χ3v) is 7.06. The van der Waals surface area contributed by atoms with Crippen LogP contribution in [0.2, 0.25) is 0 Å². The lowest BCUT2D eigenvalue weighted by Gasteiger charge is -2.26. The number of nitrogens with zero attached hydrogens (tertiary/aromatic N) is 1. The molecule has 180 valence electrons. The molecule has 1 fully saturated rings. The van der Waals surface area contributed by atoms with E-state index in [0.29, 0.717) is 16.8 Å². The number of benzene rings is 3. The molecule has 0 radical (unpaired) electrons. The predicted molar refractivity (Wildman–Crippen MR) is 134 cm³/mol. The third kappa shape index (κ3) is 4.62. The standard InChI is InChI=1S/C27H26N2O5S/c1-16(2)18-8-10-19(11-9-18)24-23(25(30)20-6-4-17(3)5-7-20)26(31)27(32)29(24)21-12-14-22(15-13-21)35(28,33)34/h4-16,24,30H,1-3H3,(H2,28,33,34)/t24-/m0/s1. The van der Waals surface area contributed by atoms with E-state index in [4.69, 9.17) is 5.14 Å². The zero-order chi connectivity index (χ0) is 25.5. The number of ketones is 1. The number of anilines is 1. The van der Waals surface area contributed by atoms with Crippen LogP contribution in [0.3, 0.4) is 0 Å². The minimum Gasteiger partial charge on any atom is -0.507 e. The fourth-order valence-corrected chi connectivity index (χ4v) is 4.66. The Hall–Kier alpha value is -3.75. The number of nitrogens with two attached hydrogens (primary N) is 1. The lowest BCUT2D eigenvalue weighted by molar-refractivity contribution is -0.132. The largest absolute Gasteiger partial charge is 0.507 e. The van der Waals surface area contributed by atoms with E-state index in [1.54, 1.807) is 12.1 Å². The Labute approximate surface area is 204 Å². The maximum absolute atomic E-state index is 13.2. The monoisotopic (exact) mass is 490 g/mol. The molecule has 3 aromatic rings. The van der Waals surface area contributed by atoms with Gasteiger partial charge in [-0.1, -0.05) is 67.9 Å². The van der Waals surface area contributed by atoms with Gasteiger partial charge in [-0.3, -0.25) is 14.5 Å². The smallest absolute Gasteiger partial charge is 0.300 e. The molecule has 1 saturated heterocycles. The lowest BCUT2D eigenvalue weighted by Crippen LogP contribution is -2.29. The quantitative estimate of drug-likeness (QED) is 0.312. The predicted octanol–water partition coefficient (Wildman–Crippen LogP) is 4.39. The summed E-state index contributed by atoms with van der Waals surface area (Å²) in [4.78, 5) is 27.6. The molecule has 8 heteroatoms. The Bertz CT molecular complexity index is 1420. The van der Waals surface area contributed by atoms with E-state index in [-0.39, 0.29) is 22.1 Å². The van der Waals surface area contributed by atoms with Crippen LogP contribution in [0.15, 0.2) is 83.3 Å². The molecule has 0 bridgehead atoms. The van der Waals surface area contributed by atoms with Crippen LogP contribution in [-0.2, 0) is 19.6 Å². The van der Waals surface area contributed by atoms with Gasteiger partial charge in [0, 0.05) is 11.3 Å². The maximum atomic E-state index is 13.2. The molecule has 1 aliphatic rings. The van der Waals surface area contributed by atoms with Gasteiger partial charge >= 0.3 is 0 Å². The summed E-state index contributed by atoms with van der Waals surface area (Å²) in [5.74, 6) is -1.63. The number of aliphatic hydroxyl groups is 1. The highest BCUT2D eigenvalue weighted by Crippen LogP contribution is 2.42. The van der Waals surface area contributed by atoms with E-state index >= 15 is 0 Å². The Morgan fingerprint density at radius 2 is 1.49 bits per heavy atom. The average Bonchev–Trinajstić information content (AvgIpc) is 3.09. The normalized spacial score (nSPS) is 17.9. The van der Waals surface area contributed by atoms with Gasteiger partial charge in [0.1, 0.15) is 5.76 Å². The fourth-order valence-electron chi connectivity index (χ4n) is 4.14. The summed E-state index contributed by atoms with van der Waals surface area (Å²) in [5.41, 5.74) is 3.39. The number of hydrogen-bond acceptors (Lipinski definition) is 5. The minimum atomic E-state index is -3.93. The van der Waals surface area contributed by atoms with E-state index in [1.807, 2.05) is 43.3 Å². The first-order valence-corrected chi connectivity index (χ1v) is 12.6. The number of carbonyl (C=O) groups excluding carboxylic acids is 2. The molecule has 1 heterocycles. The van der Waals surface area contributed by atoms with E-state index in [0.717, 1.165) is 11.1 Å². The first kappa shape index (κ1) is 24.4. The highest BCUT2D eigenvalue weighted by Gasteiger charge is 2.47. The number of carbonyl (C=O) groups is 2. The highest BCUT2D eigenvalue weighted by atomic mass is 32.2. The molecule has 4 rings (SSSR count). The van der Waals surface area contributed by atoms with Crippen LogP contribution in [-0.4, -0.2) is 25.2 Å². The van der Waals surface area contributed by atoms with Crippen molar-refractivity contribution in [3.8, 4) is 0 Å². The zero-order valence-electron chi connectivity index (χ0n) is 19.6. The number of primary sulfonamides is 1. The summed E-state index contributed by atoms with van der Waals surface area (Å²) in [6.07, 6.45) is 0. The molecule has 3 N–H and O–H groups in total. The van der Waals surface area contributed by atoms with Gasteiger partial charge in [0.2, 0.25) is 10.0 Å². The number of hydrogen-bond donors (Lipinski definition) is 2. The Morgan fingerprint density at radius 3 is 2.00 bits per heavy atom. The van der Waals surface area contributed by atoms with Crippen LogP contribution in [0.5, 0.6) is 0 Å². The zero-order valence-corrected chi connectivity index (χ0v) is 20.4. The summed E-state index contributed by atoms with van der Waals surface area (Å²) in [5, 5.41) is 16.4. The van der Waals surface area contributed by atoms with Crippen molar-refractivity contribution < 1.29 is 23.1 Å². The Balaban J connectivity index is 1.91. The number of amides is 1. The van der Waals surface area contributed by atoms with Gasteiger partial charge < -0.3 is 5.11 Å². The molecular formula is C27H26N2O5S. The maximum Gasteiger partial charge on any atom is 0.300 e. The van der Waals surface area contributed by atoms with Crippen molar-refractivity contribution in [1.29, 1.82) is 0 Å². The molecule has 0 unspecified atom stereocenters. The number of sulfonamides is 1. The lowest BCUT2D eigenvalue weighted by atomic mass is 9.93. The van der Waals surface area contributed by atoms with Crippen molar-refractivity contribution in [2.75, 3.05) is 4.90 Å². The van der Waals surface area contributed by atoms with Crippen LogP contribution in [0.25, 0.3) is 5.76 Å². The summed E-state index contributed by atoms with van der Waals surface area (Å²) >= 11 is 0. The summed E-state index contributed by atoms with van der Waals surface area (Å²) in [6.45, 7) is 6.03. The van der Waals surface area contributed by atoms with E-state index < -0.39 is 27.8 Å². The Morgan fingerprint density at radius 1 is 0.914 bits per heavy atom. The van der Waals surface area contributed by atoms with Gasteiger partial charge in [-0.2, -0.15) is 0 Å². The molecule has 1 amide bonds. The van der Waals surface area contributed by atoms with Gasteiger partial charge in [-0.05, 0) is 48.2 Å². The molecule has 35 heavy (non-hydrogen) atoms. The average molecular weight is 491 g/mol. The second-order valence-corrected chi connectivity index (χ2v) is 10.5. The molecule has 0 aliphatic carbocycles. The van der Waals surface area contributed by atoms with Crippen molar-refractivity contribution in [1.82, 2.24) is 0 Å². The fraction of sp³-hybridized carbons (Fsp3) is 0.185. The second-order valence-electron chi connectivity index (χ2n) is 8.90. The molecule has 0 aromatic heterocycles. The van der Waals surface area contributed by atoms with Gasteiger partial charge in [0.15, 0.2) is 0 Å². The van der Waals surface area contributed by atoms with Crippen LogP contribution in [0, 0.1) is 6.92 Å². The molecular weight excluding hydrogens is 464 g/mol. The van der Waals surface area contributed by atoms with Crippen LogP contribution in [0.1, 0.15) is 48.1 Å². The van der Waals surface area contributed by atoms with E-state index in [2.05, 4.69) is 13.8 Å². The van der Waals surface area contributed by atoms with Crippen LogP contribution < -0.4 is 10.0 Å². The van der Waals surface area contributed by atoms with Gasteiger partial charge in [0.05, 0.1) is 16.5 Å². The van der Waals surface area contributed by atoms with Gasteiger partial charge in [0.25, 0.3) is 11.7 Å². The third-order valence-electron chi connectivity index (χ3n) is 6.13. The van der Waals surface area contributed by atoms with Crippen molar-refractivity contribution in [3.05, 3.63) is 101 Å². The van der Waals surface area contributed by atoms with Crippen LogP contribution >= 0.6 is 0 Å². The summed E-state index contributed by atoms with van der Waals surface area (Å²) < 4.78 is 23.4. The van der Waals surface area contributed by atoms with Crippen molar-refractivity contribution in [2.45, 2.75) is 37.6 Å². The molecule has 0 saturated carbocycles. The number of Topliss-reactive ketones (excluding diaryl/α,β-unsaturated/α-hetero) is 1. The van der Waals surface area contributed by atoms with E-state index in [1.165, 1.54) is 29.2 Å². The second kappa shape index (κ2) is 9.13. The summed E-state index contributed by atoms with van der Waals surface area (Å²) in [6, 6.07) is 19.0. The van der Waals surface area contributed by atoms with Gasteiger partial charge in [-0.15, -0.1) is 0 Å². The topological polar surface area (TPSA) is 118 Å². The van der Waals surface area contributed by atoms with Gasteiger partial charge in [-0.25, -0.2) is 13.6 Å². The first-order chi connectivity index (χ1) is 16.5. The minimum absolute atomic E-state index is 0.0355. The Kier molecular flexibility index (Phi) is 6.36. The molecule has 0 spiro atoms. The SMILES string of the molecule is Cc1ccc(C(O)=C2C(=O)C(=O)N(c3ccc(S(N)(=O)=O)cc3)[C@H]2c2ccc(C(C)C)cc2)cc1. The number of aryl methyl sites for hydroxylation is 1. The molecule has 7 nitrogen and oxygen atoms in total. The molecule has 3 aromatic carbocycles. The van der Waals surface area contributed by atoms with Crippen molar-refractivity contribution in [3.63, 3.8) is 0 Å². The van der Waals surface area contributed by atoms with Crippen LogP contribution in [0.4, 0.5) is 5.69 Å². The molecule has 1 atom stereocenters.